The van der Waals surface area contributed by atoms with Crippen LogP contribution in [0.3, 0.4) is 0 Å². The minimum absolute atomic E-state index is 0.0427. The number of nitrogens with one attached hydrogen (secondary N) is 1. The molecular weight excluding hydrogens is 358 g/mol. The molecule has 0 unspecified atom stereocenters. The van der Waals surface area contributed by atoms with Crippen LogP contribution in [0, 0.1) is 0 Å². The molecule has 3 atom stereocenters. The fraction of sp³-hybridized carbons (Fsp3) is 0.364. The van der Waals surface area contributed by atoms with Crippen LogP contribution in [0.2, 0.25) is 0 Å². The number of benzene rings is 2. The first-order valence-electron chi connectivity index (χ1n) is 9.48. The van der Waals surface area contributed by atoms with E-state index in [1.807, 2.05) is 30.3 Å². The number of hydrogen-bond donors (Lipinski definition) is 1. The molecular formula is C22H25NO5. The predicted octanol–water partition coefficient (Wildman–Crippen LogP) is 3.91. The lowest BCUT2D eigenvalue weighted by atomic mass is 9.97. The summed E-state index contributed by atoms with van der Waals surface area (Å²) < 4.78 is 16.5. The minimum Gasteiger partial charge on any atom is -0.485 e. The van der Waals surface area contributed by atoms with Crippen molar-refractivity contribution in [3.63, 3.8) is 0 Å². The maximum atomic E-state index is 12.5. The Morgan fingerprint density at radius 3 is 2.54 bits per heavy atom. The van der Waals surface area contributed by atoms with Gasteiger partial charge in [0.1, 0.15) is 6.61 Å². The van der Waals surface area contributed by atoms with E-state index in [2.05, 4.69) is 19.2 Å². The van der Waals surface area contributed by atoms with Crippen molar-refractivity contribution in [2.24, 2.45) is 0 Å². The third-order valence-corrected chi connectivity index (χ3v) is 4.80. The van der Waals surface area contributed by atoms with E-state index in [1.54, 1.807) is 18.2 Å². The van der Waals surface area contributed by atoms with Gasteiger partial charge >= 0.3 is 5.97 Å². The summed E-state index contributed by atoms with van der Waals surface area (Å²) in [6.45, 7) is 5.78. The number of para-hydroxylation sites is 3. The minimum atomic E-state index is -0.960. The molecule has 1 N–H and O–H groups in total. The zero-order valence-corrected chi connectivity index (χ0v) is 16.3. The lowest BCUT2D eigenvalue weighted by Crippen LogP contribution is -2.41. The summed E-state index contributed by atoms with van der Waals surface area (Å²) in [7, 11) is 0. The van der Waals surface area contributed by atoms with E-state index in [1.165, 1.54) is 6.92 Å². The molecule has 0 bridgehead atoms. The van der Waals surface area contributed by atoms with Crippen molar-refractivity contribution < 1.29 is 23.8 Å². The van der Waals surface area contributed by atoms with Gasteiger partial charge in [-0.3, -0.25) is 4.79 Å². The van der Waals surface area contributed by atoms with Gasteiger partial charge in [-0.15, -0.1) is 0 Å². The molecule has 3 rings (SSSR count). The maximum Gasteiger partial charge on any atom is 0.351 e. The Labute approximate surface area is 164 Å². The number of fused-ring (bicyclic) bond motifs is 1. The van der Waals surface area contributed by atoms with Crippen molar-refractivity contribution in [2.45, 2.75) is 45.3 Å². The van der Waals surface area contributed by atoms with E-state index in [-0.39, 0.29) is 12.5 Å². The molecule has 28 heavy (non-hydrogen) atoms. The van der Waals surface area contributed by atoms with Crippen LogP contribution in [0.25, 0.3) is 0 Å². The highest BCUT2D eigenvalue weighted by atomic mass is 16.6. The van der Waals surface area contributed by atoms with E-state index >= 15 is 0 Å². The van der Waals surface area contributed by atoms with Gasteiger partial charge in [0.15, 0.2) is 17.6 Å². The monoisotopic (exact) mass is 383 g/mol. The van der Waals surface area contributed by atoms with Crippen LogP contribution in [-0.4, -0.2) is 30.7 Å². The summed E-state index contributed by atoms with van der Waals surface area (Å²) in [4.78, 5) is 24.9. The molecule has 2 aromatic carbocycles. The van der Waals surface area contributed by atoms with E-state index in [9.17, 15) is 9.59 Å². The standard InChI is InChI=1S/C22H25NO5/c1-4-14(2)16-9-5-6-10-17(16)23-21(24)15(3)27-22(25)20-13-26-18-11-7-8-12-19(18)28-20/h5-12,14-15,20H,4,13H2,1-3H3,(H,23,24)/t14-,15-,20+/m1/s1. The summed E-state index contributed by atoms with van der Waals surface area (Å²) in [5.41, 5.74) is 1.79. The van der Waals surface area contributed by atoms with Gasteiger partial charge in [0.05, 0.1) is 0 Å². The van der Waals surface area contributed by atoms with E-state index < -0.39 is 18.2 Å². The highest BCUT2D eigenvalue weighted by Gasteiger charge is 2.31. The number of ether oxygens (including phenoxy) is 3. The Morgan fingerprint density at radius 2 is 1.79 bits per heavy atom. The molecule has 0 radical (unpaired) electrons. The van der Waals surface area contributed by atoms with Crippen molar-refractivity contribution in [1.29, 1.82) is 0 Å². The summed E-state index contributed by atoms with van der Waals surface area (Å²) in [5, 5.41) is 2.86. The summed E-state index contributed by atoms with van der Waals surface area (Å²) in [5.74, 6) is 0.352. The Kier molecular flexibility index (Phi) is 6.19. The van der Waals surface area contributed by atoms with Crippen molar-refractivity contribution in [3.8, 4) is 11.5 Å². The smallest absolute Gasteiger partial charge is 0.351 e. The van der Waals surface area contributed by atoms with Gasteiger partial charge in [-0.25, -0.2) is 4.79 Å². The molecule has 1 amide bonds. The lowest BCUT2D eigenvalue weighted by Gasteiger charge is -2.26. The van der Waals surface area contributed by atoms with E-state index in [0.717, 1.165) is 17.7 Å². The zero-order chi connectivity index (χ0) is 20.1. The quantitative estimate of drug-likeness (QED) is 0.766. The normalized spacial score (nSPS) is 17.3. The highest BCUT2D eigenvalue weighted by Crippen LogP contribution is 2.31. The van der Waals surface area contributed by atoms with Gasteiger partial charge in [-0.2, -0.15) is 0 Å². The van der Waals surface area contributed by atoms with Crippen LogP contribution in [0.5, 0.6) is 11.5 Å². The molecule has 6 heteroatoms. The SMILES string of the molecule is CC[C@@H](C)c1ccccc1NC(=O)[C@@H](C)OC(=O)[C@@H]1COc2ccccc2O1. The van der Waals surface area contributed by atoms with Crippen LogP contribution >= 0.6 is 0 Å². The van der Waals surface area contributed by atoms with Crippen LogP contribution in [0.15, 0.2) is 48.5 Å². The Balaban J connectivity index is 1.60. The number of esters is 1. The fourth-order valence-electron chi connectivity index (χ4n) is 2.93. The van der Waals surface area contributed by atoms with Gasteiger partial charge in [0.25, 0.3) is 5.91 Å². The van der Waals surface area contributed by atoms with Gasteiger partial charge < -0.3 is 19.5 Å². The van der Waals surface area contributed by atoms with Crippen LogP contribution < -0.4 is 14.8 Å². The van der Waals surface area contributed by atoms with Crippen molar-refractivity contribution in [1.82, 2.24) is 0 Å². The second-order valence-electron chi connectivity index (χ2n) is 6.83. The van der Waals surface area contributed by atoms with Crippen LogP contribution in [0.1, 0.15) is 38.7 Å². The fourth-order valence-corrected chi connectivity index (χ4v) is 2.93. The largest absolute Gasteiger partial charge is 0.485 e. The average molecular weight is 383 g/mol. The third kappa shape index (κ3) is 4.44. The Hall–Kier alpha value is -3.02. The number of amides is 1. The molecule has 0 saturated heterocycles. The molecule has 2 aromatic rings. The third-order valence-electron chi connectivity index (χ3n) is 4.80. The van der Waals surface area contributed by atoms with Gasteiger partial charge in [-0.05, 0) is 43.0 Å². The van der Waals surface area contributed by atoms with Gasteiger partial charge in [-0.1, -0.05) is 44.2 Å². The molecule has 0 aromatic heterocycles. The number of anilines is 1. The summed E-state index contributed by atoms with van der Waals surface area (Å²) in [6, 6.07) is 14.7. The first-order chi connectivity index (χ1) is 13.5. The molecule has 148 valence electrons. The van der Waals surface area contributed by atoms with Crippen molar-refractivity contribution >= 4 is 17.6 Å². The predicted molar refractivity (Wildman–Crippen MR) is 106 cm³/mol. The average Bonchev–Trinajstić information content (AvgIpc) is 2.73. The molecule has 6 nitrogen and oxygen atoms in total. The molecule has 0 fully saturated rings. The second kappa shape index (κ2) is 8.78. The lowest BCUT2D eigenvalue weighted by molar-refractivity contribution is -0.162. The summed E-state index contributed by atoms with van der Waals surface area (Å²) >= 11 is 0. The summed E-state index contributed by atoms with van der Waals surface area (Å²) in [6.07, 6.45) is -0.909. The Morgan fingerprint density at radius 1 is 1.11 bits per heavy atom. The Bertz CT molecular complexity index is 850. The van der Waals surface area contributed by atoms with Gasteiger partial charge in [0, 0.05) is 5.69 Å². The zero-order valence-electron chi connectivity index (χ0n) is 16.3. The molecule has 0 saturated carbocycles. The first kappa shape index (κ1) is 19.7. The van der Waals surface area contributed by atoms with Gasteiger partial charge in [0.2, 0.25) is 6.10 Å². The molecule has 1 aliphatic heterocycles. The number of rotatable bonds is 6. The molecule has 0 aliphatic carbocycles. The molecule has 1 aliphatic rings. The number of carbonyl (C=O) groups excluding carboxylic acids is 2. The van der Waals surface area contributed by atoms with E-state index in [0.29, 0.717) is 17.4 Å². The van der Waals surface area contributed by atoms with Crippen molar-refractivity contribution in [3.05, 3.63) is 54.1 Å². The molecule has 0 spiro atoms. The van der Waals surface area contributed by atoms with Crippen molar-refractivity contribution in [2.75, 3.05) is 11.9 Å². The topological polar surface area (TPSA) is 73.9 Å². The number of hydrogen-bond acceptors (Lipinski definition) is 5. The maximum absolute atomic E-state index is 12.5. The van der Waals surface area contributed by atoms with Crippen LogP contribution in [-0.2, 0) is 14.3 Å². The molecule has 1 heterocycles. The second-order valence-corrected chi connectivity index (χ2v) is 6.83. The highest BCUT2D eigenvalue weighted by molar-refractivity contribution is 5.96. The first-order valence-corrected chi connectivity index (χ1v) is 9.48. The van der Waals surface area contributed by atoms with Crippen LogP contribution in [0.4, 0.5) is 5.69 Å². The van der Waals surface area contributed by atoms with E-state index in [4.69, 9.17) is 14.2 Å². The number of carbonyl (C=O) groups is 2.